The van der Waals surface area contributed by atoms with Gasteiger partial charge in [-0.05, 0) is 35.2 Å². The van der Waals surface area contributed by atoms with Gasteiger partial charge in [-0.1, -0.05) is 165 Å². The molecule has 0 saturated carbocycles. The maximum Gasteiger partial charge on any atom is 0.164 e. The lowest BCUT2D eigenvalue weighted by molar-refractivity contribution is 1.07. The third-order valence-corrected chi connectivity index (χ3v) is 9.53. The number of hydrogen-bond acceptors (Lipinski definition) is 5. The first kappa shape index (κ1) is 31.2. The number of nitrogens with zero attached hydrogens (tertiary/aromatic N) is 5. The van der Waals surface area contributed by atoms with Gasteiger partial charge in [0.05, 0.1) is 22.4 Å². The van der Waals surface area contributed by atoms with Crippen molar-refractivity contribution >= 4 is 21.8 Å². The number of rotatable bonds is 7. The molecular weight excluding hydrogens is 635 g/mol. The summed E-state index contributed by atoms with van der Waals surface area (Å²) < 4.78 is 0. The van der Waals surface area contributed by atoms with Crippen molar-refractivity contribution in [3.05, 3.63) is 175 Å². The summed E-state index contributed by atoms with van der Waals surface area (Å²) in [4.78, 5) is 25.0. The van der Waals surface area contributed by atoms with Crippen molar-refractivity contribution in [1.82, 2.24) is 24.9 Å². The zero-order valence-corrected chi connectivity index (χ0v) is 28.6. The summed E-state index contributed by atoms with van der Waals surface area (Å²) in [5.41, 5.74) is 12.3. The third-order valence-electron chi connectivity index (χ3n) is 9.53. The van der Waals surface area contributed by atoms with Gasteiger partial charge in [-0.15, -0.1) is 0 Å². The van der Waals surface area contributed by atoms with Gasteiger partial charge in [-0.3, -0.25) is 0 Å². The molecule has 0 aliphatic heterocycles. The van der Waals surface area contributed by atoms with Gasteiger partial charge in [0.2, 0.25) is 0 Å². The molecule has 0 aliphatic rings. The molecule has 0 amide bonds. The Labute approximate surface area is 302 Å². The van der Waals surface area contributed by atoms with Crippen molar-refractivity contribution in [1.29, 1.82) is 0 Å². The van der Waals surface area contributed by atoms with Gasteiger partial charge < -0.3 is 0 Å². The van der Waals surface area contributed by atoms with Crippen LogP contribution in [0.3, 0.4) is 0 Å². The van der Waals surface area contributed by atoms with Crippen molar-refractivity contribution in [3.8, 4) is 67.8 Å². The van der Waals surface area contributed by atoms with E-state index in [0.29, 0.717) is 17.5 Å². The summed E-state index contributed by atoms with van der Waals surface area (Å²) in [6.45, 7) is 2.20. The number of pyridine rings is 2. The highest BCUT2D eigenvalue weighted by Gasteiger charge is 2.14. The fraction of sp³-hybridized carbons (Fsp3) is 0.0426. The first-order valence-electron chi connectivity index (χ1n) is 17.6. The Hall–Kier alpha value is -6.85. The molecule has 0 atom stereocenters. The fourth-order valence-electron chi connectivity index (χ4n) is 6.73. The van der Waals surface area contributed by atoms with Crippen LogP contribution in [0, 0.1) is 0 Å². The molecule has 0 bridgehead atoms. The first-order valence-corrected chi connectivity index (χ1v) is 17.6. The van der Waals surface area contributed by atoms with E-state index in [1.807, 2.05) is 66.7 Å². The molecule has 0 spiro atoms. The number of benzene rings is 6. The first-order chi connectivity index (χ1) is 25.7. The van der Waals surface area contributed by atoms with Crippen molar-refractivity contribution in [3.63, 3.8) is 0 Å². The van der Waals surface area contributed by atoms with Crippen LogP contribution >= 0.6 is 0 Å². The van der Waals surface area contributed by atoms with E-state index in [4.69, 9.17) is 24.9 Å². The molecule has 0 unspecified atom stereocenters. The third kappa shape index (κ3) is 5.99. The zero-order chi connectivity index (χ0) is 34.9. The van der Waals surface area contributed by atoms with Gasteiger partial charge in [-0.2, -0.15) is 0 Å². The highest BCUT2D eigenvalue weighted by Crippen LogP contribution is 2.33. The van der Waals surface area contributed by atoms with Gasteiger partial charge in [0.15, 0.2) is 17.5 Å². The van der Waals surface area contributed by atoms with Crippen LogP contribution in [0.2, 0.25) is 0 Å². The number of aromatic nitrogens is 5. The largest absolute Gasteiger partial charge is 0.245 e. The molecule has 5 nitrogen and oxygen atoms in total. The van der Waals surface area contributed by atoms with Crippen molar-refractivity contribution in [2.45, 2.75) is 13.3 Å². The van der Waals surface area contributed by atoms with Crippen LogP contribution in [-0.2, 0) is 6.42 Å². The van der Waals surface area contributed by atoms with Crippen LogP contribution in [0.1, 0.15) is 12.5 Å². The van der Waals surface area contributed by atoms with Crippen molar-refractivity contribution in [2.24, 2.45) is 0 Å². The molecule has 3 aromatic heterocycles. The fourth-order valence-corrected chi connectivity index (χ4v) is 6.73. The highest BCUT2D eigenvalue weighted by atomic mass is 15.0. The van der Waals surface area contributed by atoms with E-state index in [9.17, 15) is 0 Å². The normalized spacial score (nSPS) is 11.2. The van der Waals surface area contributed by atoms with Crippen LogP contribution in [0.4, 0.5) is 0 Å². The molecule has 3 heterocycles. The van der Waals surface area contributed by atoms with E-state index in [1.54, 1.807) is 0 Å². The summed E-state index contributed by atoms with van der Waals surface area (Å²) in [6.07, 6.45) is 0.922. The van der Waals surface area contributed by atoms with E-state index < -0.39 is 0 Å². The monoisotopic (exact) mass is 667 g/mol. The number of aryl methyl sites for hydroxylation is 1. The molecule has 9 aromatic rings. The van der Waals surface area contributed by atoms with Gasteiger partial charge >= 0.3 is 0 Å². The highest BCUT2D eigenvalue weighted by molar-refractivity contribution is 6.05. The smallest absolute Gasteiger partial charge is 0.164 e. The zero-order valence-electron chi connectivity index (χ0n) is 28.6. The average Bonchev–Trinajstić information content (AvgIpc) is 3.24. The van der Waals surface area contributed by atoms with Gasteiger partial charge in [0.25, 0.3) is 0 Å². The molecule has 0 saturated heterocycles. The Kier molecular flexibility index (Phi) is 8.06. The molecule has 9 rings (SSSR count). The van der Waals surface area contributed by atoms with Gasteiger partial charge in [0.1, 0.15) is 0 Å². The second kappa shape index (κ2) is 13.5. The predicted molar refractivity (Wildman–Crippen MR) is 212 cm³/mol. The molecular formula is C47H33N5. The van der Waals surface area contributed by atoms with Gasteiger partial charge in [-0.25, -0.2) is 24.9 Å². The molecule has 5 heteroatoms. The minimum atomic E-state index is 0.640. The summed E-state index contributed by atoms with van der Waals surface area (Å²) in [6, 6.07) is 58.3. The molecule has 246 valence electrons. The molecule has 0 fully saturated rings. The second-order valence-electron chi connectivity index (χ2n) is 12.8. The van der Waals surface area contributed by atoms with Crippen molar-refractivity contribution in [2.75, 3.05) is 0 Å². The van der Waals surface area contributed by atoms with Gasteiger partial charge in [0, 0.05) is 38.6 Å². The average molecular weight is 668 g/mol. The van der Waals surface area contributed by atoms with E-state index >= 15 is 0 Å². The van der Waals surface area contributed by atoms with Crippen molar-refractivity contribution < 1.29 is 0 Å². The Bertz CT molecular complexity index is 2620. The number of fused-ring (bicyclic) bond motifs is 3. The quantitative estimate of drug-likeness (QED) is 0.158. The SMILES string of the molecule is CCc1cc(-c2ccccc2)nc2c1ccc1ccc(-c3ccc(-c4ccc(-c5nc(-c6ccccc6)nc(-c6ccccc6)n5)cc4)cc3)nc12. The number of hydrogen-bond donors (Lipinski definition) is 0. The lowest BCUT2D eigenvalue weighted by Crippen LogP contribution is -2.00. The standard InChI is InChI=1S/C47H33N5/c1-2-31-30-42(34-12-6-3-7-13-34)49-44-40(31)28-26-36-27-29-41(48-43(36)44)35-22-18-32(19-23-35)33-20-24-39(25-21-33)47-51-45(37-14-8-4-9-15-37)50-46(52-47)38-16-10-5-11-17-38/h3-30H,2H2,1H3. The molecule has 0 aliphatic carbocycles. The van der Waals surface area contributed by atoms with E-state index in [-0.39, 0.29) is 0 Å². The minimum absolute atomic E-state index is 0.640. The Morgan fingerprint density at radius 3 is 1.31 bits per heavy atom. The lowest BCUT2D eigenvalue weighted by Gasteiger charge is -2.12. The molecule has 52 heavy (non-hydrogen) atoms. The summed E-state index contributed by atoms with van der Waals surface area (Å²) in [5.74, 6) is 1.94. The lowest BCUT2D eigenvalue weighted by atomic mass is 9.99. The topological polar surface area (TPSA) is 64.5 Å². The van der Waals surface area contributed by atoms with Crippen LogP contribution in [0.15, 0.2) is 170 Å². The predicted octanol–water partition coefficient (Wildman–Crippen LogP) is 11.5. The van der Waals surface area contributed by atoms with E-state index in [2.05, 4.69) is 110 Å². The maximum atomic E-state index is 5.21. The summed E-state index contributed by atoms with van der Waals surface area (Å²) >= 11 is 0. The minimum Gasteiger partial charge on any atom is -0.245 e. The van der Waals surface area contributed by atoms with E-state index in [0.717, 1.165) is 78.6 Å². The van der Waals surface area contributed by atoms with E-state index in [1.165, 1.54) is 5.56 Å². The van der Waals surface area contributed by atoms with Crippen LogP contribution in [-0.4, -0.2) is 24.9 Å². The molecule has 0 radical (unpaired) electrons. The Morgan fingerprint density at radius 1 is 0.346 bits per heavy atom. The summed E-state index contributed by atoms with van der Waals surface area (Å²) in [7, 11) is 0. The maximum absolute atomic E-state index is 5.21. The van der Waals surface area contributed by atoms with Crippen LogP contribution in [0.25, 0.3) is 89.6 Å². The Balaban J connectivity index is 1.04. The second-order valence-corrected chi connectivity index (χ2v) is 12.8. The Morgan fingerprint density at radius 2 is 0.769 bits per heavy atom. The summed E-state index contributed by atoms with van der Waals surface area (Å²) in [5, 5.41) is 2.24. The molecule has 0 N–H and O–H groups in total. The molecule has 6 aromatic carbocycles. The van der Waals surface area contributed by atoms with Crippen LogP contribution < -0.4 is 0 Å². The van der Waals surface area contributed by atoms with Crippen LogP contribution in [0.5, 0.6) is 0 Å².